The topological polar surface area (TPSA) is 71.0 Å². The molecule has 1 aromatic carbocycles. The van der Waals surface area contributed by atoms with Crippen LogP contribution in [0.25, 0.3) is 0 Å². The molecule has 29 heavy (non-hydrogen) atoms. The Hall–Kier alpha value is -2.64. The van der Waals surface area contributed by atoms with E-state index in [9.17, 15) is 0 Å². The average molecular weight is 398 g/mol. The monoisotopic (exact) mass is 397 g/mol. The van der Waals surface area contributed by atoms with E-state index in [0.29, 0.717) is 19.7 Å². The lowest BCUT2D eigenvalue weighted by atomic mass is 10.2. The molecule has 156 valence electrons. The molecule has 2 N–H and O–H groups in total. The number of morpholine rings is 1. The maximum absolute atomic E-state index is 6.06. The summed E-state index contributed by atoms with van der Waals surface area (Å²) < 4.78 is 11.5. The van der Waals surface area contributed by atoms with Crippen molar-refractivity contribution in [2.24, 2.45) is 4.99 Å². The number of aliphatic imine (C=N–C) groups is 1. The van der Waals surface area contributed by atoms with Gasteiger partial charge in [-0.3, -0.25) is 9.88 Å². The van der Waals surface area contributed by atoms with Crippen molar-refractivity contribution in [2.75, 3.05) is 46.0 Å². The van der Waals surface area contributed by atoms with Crippen molar-refractivity contribution in [3.05, 3.63) is 59.9 Å². The number of hydrogen-bond acceptors (Lipinski definition) is 5. The number of pyridine rings is 1. The third-order valence-corrected chi connectivity index (χ3v) is 4.66. The van der Waals surface area contributed by atoms with Crippen molar-refractivity contribution >= 4 is 5.96 Å². The van der Waals surface area contributed by atoms with Gasteiger partial charge in [0.2, 0.25) is 0 Å². The summed E-state index contributed by atoms with van der Waals surface area (Å²) in [7, 11) is 0. The number of hydrogen-bond donors (Lipinski definition) is 2. The molecule has 2 aromatic rings. The first-order valence-electron chi connectivity index (χ1n) is 10.3. The first-order valence-corrected chi connectivity index (χ1v) is 10.3. The van der Waals surface area contributed by atoms with Gasteiger partial charge in [-0.25, -0.2) is 4.99 Å². The van der Waals surface area contributed by atoms with Crippen LogP contribution in [0.3, 0.4) is 0 Å². The third kappa shape index (κ3) is 7.36. The Balaban J connectivity index is 1.54. The molecule has 1 aromatic heterocycles. The molecule has 2 heterocycles. The molecule has 3 rings (SSSR count). The molecule has 0 unspecified atom stereocenters. The molecule has 0 amide bonds. The first-order chi connectivity index (χ1) is 14.3. The second-order valence-corrected chi connectivity index (χ2v) is 6.78. The summed E-state index contributed by atoms with van der Waals surface area (Å²) >= 11 is 0. The van der Waals surface area contributed by atoms with Crippen molar-refractivity contribution in [3.63, 3.8) is 0 Å². The van der Waals surface area contributed by atoms with Crippen molar-refractivity contribution in [1.29, 1.82) is 0 Å². The molecule has 0 bridgehead atoms. The highest BCUT2D eigenvalue weighted by Crippen LogP contribution is 2.19. The fourth-order valence-electron chi connectivity index (χ4n) is 3.07. The maximum Gasteiger partial charge on any atom is 0.191 e. The van der Waals surface area contributed by atoms with Crippen LogP contribution in [0.4, 0.5) is 0 Å². The number of para-hydroxylation sites is 1. The molecule has 0 saturated carbocycles. The van der Waals surface area contributed by atoms with Gasteiger partial charge < -0.3 is 20.1 Å². The first kappa shape index (κ1) is 21.1. The maximum atomic E-state index is 6.06. The number of rotatable bonds is 9. The molecule has 0 spiro atoms. The smallest absolute Gasteiger partial charge is 0.191 e. The van der Waals surface area contributed by atoms with E-state index >= 15 is 0 Å². The van der Waals surface area contributed by atoms with Crippen LogP contribution in [0.5, 0.6) is 5.75 Å². The zero-order valence-corrected chi connectivity index (χ0v) is 17.1. The number of nitrogens with one attached hydrogen (secondary N) is 2. The molecule has 0 aliphatic carbocycles. The lowest BCUT2D eigenvalue weighted by molar-refractivity contribution is 0.0322. The third-order valence-electron chi connectivity index (χ3n) is 4.66. The normalized spacial score (nSPS) is 15.1. The highest BCUT2D eigenvalue weighted by Gasteiger charge is 2.10. The highest BCUT2D eigenvalue weighted by molar-refractivity contribution is 5.79. The second-order valence-electron chi connectivity index (χ2n) is 6.78. The minimum absolute atomic E-state index is 0.547. The fourth-order valence-corrected chi connectivity index (χ4v) is 3.07. The predicted octanol–water partition coefficient (Wildman–Crippen LogP) is 2.05. The van der Waals surface area contributed by atoms with Gasteiger partial charge in [0.15, 0.2) is 5.96 Å². The molecular formula is C22H31N5O2. The van der Waals surface area contributed by atoms with Crippen LogP contribution in [0.15, 0.2) is 53.7 Å². The van der Waals surface area contributed by atoms with Gasteiger partial charge in [-0.1, -0.05) is 24.3 Å². The summed E-state index contributed by atoms with van der Waals surface area (Å²) in [5.74, 6) is 1.66. The standard InChI is InChI=1S/C22H31N5O2/c1-2-23-22(26-18-20-8-5-6-10-24-20)25-17-19-7-3-4-9-21(19)29-16-13-27-11-14-28-15-12-27/h3-10H,2,11-18H2,1H3,(H2,23,25,26). The number of guanidine groups is 1. The van der Waals surface area contributed by atoms with Crippen molar-refractivity contribution in [1.82, 2.24) is 20.5 Å². The van der Waals surface area contributed by atoms with Crippen LogP contribution >= 0.6 is 0 Å². The van der Waals surface area contributed by atoms with E-state index in [2.05, 4.69) is 33.5 Å². The van der Waals surface area contributed by atoms with Gasteiger partial charge in [0.25, 0.3) is 0 Å². The van der Waals surface area contributed by atoms with Crippen molar-refractivity contribution < 1.29 is 9.47 Å². The lowest BCUT2D eigenvalue weighted by Gasteiger charge is -2.26. The Labute approximate surface area is 173 Å². The Morgan fingerprint density at radius 2 is 1.97 bits per heavy atom. The predicted molar refractivity (Wildman–Crippen MR) is 115 cm³/mol. The van der Waals surface area contributed by atoms with E-state index in [-0.39, 0.29) is 0 Å². The van der Waals surface area contributed by atoms with E-state index in [1.54, 1.807) is 6.20 Å². The lowest BCUT2D eigenvalue weighted by Crippen LogP contribution is -2.38. The van der Waals surface area contributed by atoms with Crippen LogP contribution in [0, 0.1) is 0 Å². The molecule has 7 nitrogen and oxygen atoms in total. The Morgan fingerprint density at radius 3 is 2.76 bits per heavy atom. The quantitative estimate of drug-likeness (QED) is 0.499. The van der Waals surface area contributed by atoms with Gasteiger partial charge in [0.05, 0.1) is 32.0 Å². The summed E-state index contributed by atoms with van der Waals surface area (Å²) in [5, 5.41) is 6.61. The Kier molecular flexibility index (Phi) is 8.75. The summed E-state index contributed by atoms with van der Waals surface area (Å²) in [5.41, 5.74) is 2.05. The highest BCUT2D eigenvalue weighted by atomic mass is 16.5. The van der Waals surface area contributed by atoms with Crippen molar-refractivity contribution in [3.8, 4) is 5.75 Å². The van der Waals surface area contributed by atoms with Crippen LogP contribution in [-0.4, -0.2) is 61.8 Å². The van der Waals surface area contributed by atoms with E-state index in [1.165, 1.54) is 0 Å². The van der Waals surface area contributed by atoms with Gasteiger partial charge in [0.1, 0.15) is 12.4 Å². The SMILES string of the molecule is CCNC(=NCc1ccccc1OCCN1CCOCC1)NCc1ccccn1. The summed E-state index contributed by atoms with van der Waals surface area (Å²) in [4.78, 5) is 11.4. The molecule has 0 radical (unpaired) electrons. The van der Waals surface area contributed by atoms with E-state index in [4.69, 9.17) is 14.5 Å². The van der Waals surface area contributed by atoms with E-state index in [0.717, 1.165) is 62.4 Å². The number of nitrogens with zero attached hydrogens (tertiary/aromatic N) is 3. The number of benzene rings is 1. The van der Waals surface area contributed by atoms with Crippen LogP contribution in [0.1, 0.15) is 18.2 Å². The van der Waals surface area contributed by atoms with Crippen LogP contribution in [-0.2, 0) is 17.8 Å². The minimum atomic E-state index is 0.547. The van der Waals surface area contributed by atoms with Crippen molar-refractivity contribution in [2.45, 2.75) is 20.0 Å². The molecule has 7 heteroatoms. The fraction of sp³-hybridized carbons (Fsp3) is 0.455. The molecule has 0 atom stereocenters. The zero-order chi connectivity index (χ0) is 20.2. The van der Waals surface area contributed by atoms with E-state index < -0.39 is 0 Å². The average Bonchev–Trinajstić information content (AvgIpc) is 2.78. The summed E-state index contributed by atoms with van der Waals surface area (Å²) in [6.07, 6.45) is 1.80. The largest absolute Gasteiger partial charge is 0.492 e. The van der Waals surface area contributed by atoms with Crippen LogP contribution in [0.2, 0.25) is 0 Å². The van der Waals surface area contributed by atoms with Gasteiger partial charge in [-0.15, -0.1) is 0 Å². The Morgan fingerprint density at radius 1 is 1.14 bits per heavy atom. The molecular weight excluding hydrogens is 366 g/mol. The second kappa shape index (κ2) is 12.0. The molecule has 1 aliphatic rings. The number of ether oxygens (including phenoxy) is 2. The number of aromatic nitrogens is 1. The zero-order valence-electron chi connectivity index (χ0n) is 17.1. The summed E-state index contributed by atoms with van der Waals surface area (Å²) in [6, 6.07) is 14.0. The van der Waals surface area contributed by atoms with E-state index in [1.807, 2.05) is 36.4 Å². The van der Waals surface area contributed by atoms with Gasteiger partial charge in [0, 0.05) is 37.9 Å². The van der Waals surface area contributed by atoms with Crippen LogP contribution < -0.4 is 15.4 Å². The van der Waals surface area contributed by atoms with Gasteiger partial charge in [-0.2, -0.15) is 0 Å². The minimum Gasteiger partial charge on any atom is -0.492 e. The molecule has 1 fully saturated rings. The van der Waals surface area contributed by atoms with Gasteiger partial charge in [-0.05, 0) is 25.1 Å². The van der Waals surface area contributed by atoms with Gasteiger partial charge >= 0.3 is 0 Å². The molecule has 1 aliphatic heterocycles. The summed E-state index contributed by atoms with van der Waals surface area (Å²) in [6.45, 7) is 9.18. The Bertz CT molecular complexity index is 748. The molecule has 1 saturated heterocycles.